The van der Waals surface area contributed by atoms with Crippen molar-refractivity contribution in [2.24, 2.45) is 0 Å². The van der Waals surface area contributed by atoms with E-state index in [1.807, 2.05) is 26.8 Å². The van der Waals surface area contributed by atoms with Gasteiger partial charge in [-0.25, -0.2) is 4.39 Å². The van der Waals surface area contributed by atoms with E-state index in [2.05, 4.69) is 10.6 Å². The van der Waals surface area contributed by atoms with Crippen LogP contribution in [0.3, 0.4) is 0 Å². The predicted molar refractivity (Wildman–Crippen MR) is 70.7 cm³/mol. The Morgan fingerprint density at radius 1 is 1.42 bits per heavy atom. The van der Waals surface area contributed by atoms with Crippen LogP contribution < -0.4 is 10.6 Å². The average molecular weight is 263 g/mol. The molecule has 0 aromatic heterocycles. The van der Waals surface area contributed by atoms with Crippen molar-refractivity contribution in [3.05, 3.63) is 35.1 Å². The molecule has 0 bridgehead atoms. The number of carbonyl (C=O) groups is 1. The summed E-state index contributed by atoms with van der Waals surface area (Å²) < 4.78 is 13.5. The minimum Gasteiger partial charge on any atom is -0.350 e. The van der Waals surface area contributed by atoms with Gasteiger partial charge in [-0.3, -0.25) is 4.79 Å². The fourth-order valence-electron chi connectivity index (χ4n) is 1.53. The van der Waals surface area contributed by atoms with Crippen LogP contribution in [0.15, 0.2) is 18.2 Å². The van der Waals surface area contributed by atoms with Gasteiger partial charge in [0.05, 0.1) is 18.2 Å². The lowest BCUT2D eigenvalue weighted by molar-refractivity contribution is -0.121. The van der Waals surface area contributed by atoms with E-state index in [0.29, 0.717) is 5.56 Å². The van der Waals surface area contributed by atoms with E-state index in [9.17, 15) is 9.18 Å². The minimum absolute atomic E-state index is 0.122. The van der Waals surface area contributed by atoms with Crippen LogP contribution in [0.5, 0.6) is 0 Å². The summed E-state index contributed by atoms with van der Waals surface area (Å²) in [6, 6.07) is 6.15. The first-order valence-electron chi connectivity index (χ1n) is 6.02. The first-order valence-corrected chi connectivity index (χ1v) is 6.02. The SMILES string of the molecule is CC(C)(C)NC(=O)CNCc1ccc(C#N)cc1F. The third-order valence-electron chi connectivity index (χ3n) is 2.30. The van der Waals surface area contributed by atoms with Crippen LogP contribution in [-0.4, -0.2) is 18.0 Å². The van der Waals surface area contributed by atoms with Gasteiger partial charge in [-0.2, -0.15) is 5.26 Å². The van der Waals surface area contributed by atoms with Crippen LogP contribution in [0, 0.1) is 17.1 Å². The second-order valence-electron chi connectivity index (χ2n) is 5.32. The van der Waals surface area contributed by atoms with Gasteiger partial charge in [-0.1, -0.05) is 6.07 Å². The van der Waals surface area contributed by atoms with Gasteiger partial charge in [0.25, 0.3) is 0 Å². The summed E-state index contributed by atoms with van der Waals surface area (Å²) in [6.07, 6.45) is 0. The van der Waals surface area contributed by atoms with E-state index in [4.69, 9.17) is 5.26 Å². The molecule has 0 heterocycles. The average Bonchev–Trinajstić information content (AvgIpc) is 2.28. The molecule has 4 nitrogen and oxygen atoms in total. The summed E-state index contributed by atoms with van der Waals surface area (Å²) in [5.74, 6) is -0.579. The Hall–Kier alpha value is -1.93. The van der Waals surface area contributed by atoms with Crippen LogP contribution in [-0.2, 0) is 11.3 Å². The second-order valence-corrected chi connectivity index (χ2v) is 5.32. The molecule has 0 unspecified atom stereocenters. The molecule has 0 fully saturated rings. The molecule has 0 aliphatic heterocycles. The van der Waals surface area contributed by atoms with Gasteiger partial charge in [0, 0.05) is 17.6 Å². The van der Waals surface area contributed by atoms with E-state index in [1.54, 1.807) is 12.1 Å². The van der Waals surface area contributed by atoms with Crippen molar-refractivity contribution in [2.45, 2.75) is 32.9 Å². The van der Waals surface area contributed by atoms with Gasteiger partial charge in [0.2, 0.25) is 5.91 Å². The Balaban J connectivity index is 2.46. The van der Waals surface area contributed by atoms with Gasteiger partial charge < -0.3 is 10.6 Å². The summed E-state index contributed by atoms with van der Waals surface area (Å²) in [5, 5.41) is 14.3. The molecule has 1 aromatic rings. The number of rotatable bonds is 4. The lowest BCUT2D eigenvalue weighted by atomic mass is 10.1. The molecule has 102 valence electrons. The van der Waals surface area contributed by atoms with Gasteiger partial charge in [0.15, 0.2) is 0 Å². The van der Waals surface area contributed by atoms with Crippen LogP contribution in [0.25, 0.3) is 0 Å². The zero-order valence-corrected chi connectivity index (χ0v) is 11.4. The topological polar surface area (TPSA) is 64.9 Å². The van der Waals surface area contributed by atoms with Crippen molar-refractivity contribution in [1.82, 2.24) is 10.6 Å². The maximum atomic E-state index is 13.5. The van der Waals surface area contributed by atoms with Crippen molar-refractivity contribution < 1.29 is 9.18 Å². The van der Waals surface area contributed by atoms with Gasteiger partial charge in [0.1, 0.15) is 5.82 Å². The molecule has 0 aliphatic carbocycles. The van der Waals surface area contributed by atoms with Crippen molar-refractivity contribution in [2.75, 3.05) is 6.54 Å². The van der Waals surface area contributed by atoms with Gasteiger partial charge in [-0.15, -0.1) is 0 Å². The van der Waals surface area contributed by atoms with Crippen molar-refractivity contribution >= 4 is 5.91 Å². The number of amides is 1. The highest BCUT2D eigenvalue weighted by molar-refractivity contribution is 5.78. The van der Waals surface area contributed by atoms with E-state index in [0.717, 1.165) is 0 Å². The first kappa shape index (κ1) is 15.1. The summed E-state index contributed by atoms with van der Waals surface area (Å²) >= 11 is 0. The lowest BCUT2D eigenvalue weighted by Gasteiger charge is -2.20. The molecule has 5 heteroatoms. The van der Waals surface area contributed by atoms with Gasteiger partial charge in [-0.05, 0) is 32.9 Å². The molecule has 0 saturated heterocycles. The summed E-state index contributed by atoms with van der Waals surface area (Å²) in [6.45, 7) is 6.05. The first-order chi connectivity index (χ1) is 8.81. The molecule has 0 saturated carbocycles. The molecule has 2 N–H and O–H groups in total. The van der Waals surface area contributed by atoms with Crippen LogP contribution in [0.1, 0.15) is 31.9 Å². The van der Waals surface area contributed by atoms with E-state index < -0.39 is 5.82 Å². The maximum Gasteiger partial charge on any atom is 0.234 e. The lowest BCUT2D eigenvalue weighted by Crippen LogP contribution is -2.44. The smallest absolute Gasteiger partial charge is 0.234 e. The fraction of sp³-hybridized carbons (Fsp3) is 0.429. The zero-order valence-electron chi connectivity index (χ0n) is 11.4. The Kier molecular flexibility index (Phi) is 5.02. The van der Waals surface area contributed by atoms with Crippen LogP contribution in [0.2, 0.25) is 0 Å². The largest absolute Gasteiger partial charge is 0.350 e. The number of hydrogen-bond acceptors (Lipinski definition) is 3. The highest BCUT2D eigenvalue weighted by Gasteiger charge is 2.13. The molecule has 0 spiro atoms. The Morgan fingerprint density at radius 3 is 2.63 bits per heavy atom. The Morgan fingerprint density at radius 2 is 2.11 bits per heavy atom. The van der Waals surface area contributed by atoms with Crippen LogP contribution >= 0.6 is 0 Å². The maximum absolute atomic E-state index is 13.5. The number of carbonyl (C=O) groups excluding carboxylic acids is 1. The third-order valence-corrected chi connectivity index (χ3v) is 2.30. The predicted octanol–water partition coefficient (Wildman–Crippen LogP) is 1.70. The fourth-order valence-corrected chi connectivity index (χ4v) is 1.53. The van der Waals surface area contributed by atoms with Gasteiger partial charge >= 0.3 is 0 Å². The second kappa shape index (κ2) is 6.30. The number of halogens is 1. The minimum atomic E-state index is -0.442. The number of nitrogens with one attached hydrogen (secondary N) is 2. The van der Waals surface area contributed by atoms with Crippen molar-refractivity contribution in [3.63, 3.8) is 0 Å². The quantitative estimate of drug-likeness (QED) is 0.869. The standard InChI is InChI=1S/C14H18FN3O/c1-14(2,3)18-13(19)9-17-8-11-5-4-10(7-16)6-12(11)15/h4-6,17H,8-9H2,1-3H3,(H,18,19). The zero-order chi connectivity index (χ0) is 14.5. The highest BCUT2D eigenvalue weighted by Crippen LogP contribution is 2.09. The monoisotopic (exact) mass is 263 g/mol. The molecule has 0 radical (unpaired) electrons. The summed E-state index contributed by atoms with van der Waals surface area (Å²) in [7, 11) is 0. The molecule has 0 atom stereocenters. The normalized spacial score (nSPS) is 10.9. The summed E-state index contributed by atoms with van der Waals surface area (Å²) in [5.41, 5.74) is 0.438. The van der Waals surface area contributed by atoms with Crippen molar-refractivity contribution in [1.29, 1.82) is 5.26 Å². The third kappa shape index (κ3) is 5.49. The molecule has 1 amide bonds. The Bertz CT molecular complexity index is 500. The molecule has 1 rings (SSSR count). The van der Waals surface area contributed by atoms with E-state index >= 15 is 0 Å². The number of hydrogen-bond donors (Lipinski definition) is 2. The number of benzene rings is 1. The summed E-state index contributed by atoms with van der Waals surface area (Å²) in [4.78, 5) is 11.5. The number of nitrogens with zero attached hydrogens (tertiary/aromatic N) is 1. The molecule has 1 aromatic carbocycles. The van der Waals surface area contributed by atoms with Crippen molar-refractivity contribution in [3.8, 4) is 6.07 Å². The molecular weight excluding hydrogens is 245 g/mol. The molecular formula is C14H18FN3O. The van der Waals surface area contributed by atoms with E-state index in [-0.39, 0.29) is 30.1 Å². The molecule has 19 heavy (non-hydrogen) atoms. The molecule has 0 aliphatic rings. The van der Waals surface area contributed by atoms with E-state index in [1.165, 1.54) is 6.07 Å². The number of nitriles is 1. The highest BCUT2D eigenvalue weighted by atomic mass is 19.1. The van der Waals surface area contributed by atoms with Crippen LogP contribution in [0.4, 0.5) is 4.39 Å². The Labute approximate surface area is 112 Å².